The van der Waals surface area contributed by atoms with Crippen LogP contribution >= 0.6 is 0 Å². The molecule has 0 aromatic rings. The number of piperidine rings is 1. The highest BCUT2D eigenvalue weighted by molar-refractivity contribution is 5.76. The van der Waals surface area contributed by atoms with Crippen LogP contribution in [0.1, 0.15) is 59.3 Å². The molecule has 0 N–H and O–H groups in total. The molecule has 2 heterocycles. The van der Waals surface area contributed by atoms with Gasteiger partial charge in [-0.1, -0.05) is 13.8 Å². The van der Waals surface area contributed by atoms with Crippen LogP contribution < -0.4 is 0 Å². The van der Waals surface area contributed by atoms with Crippen LogP contribution in [0.4, 0.5) is 0 Å². The summed E-state index contributed by atoms with van der Waals surface area (Å²) in [6.07, 6.45) is 12.4. The molecular formula is C19H33N3O. The summed E-state index contributed by atoms with van der Waals surface area (Å²) in [6, 6.07) is 0. The highest BCUT2D eigenvalue weighted by Gasteiger charge is 2.33. The van der Waals surface area contributed by atoms with Crippen molar-refractivity contribution < 1.29 is 4.79 Å². The fraction of sp³-hybridized carbons (Fsp3) is 0.789. The molecule has 1 atom stereocenters. The van der Waals surface area contributed by atoms with E-state index in [9.17, 15) is 4.79 Å². The number of rotatable bonds is 8. The SMILES string of the molecule is CCCN(CCC)C(=O)CCC1CCN(C2(C)C=CC=N2)CC1. The van der Waals surface area contributed by atoms with Crippen molar-refractivity contribution in [2.24, 2.45) is 10.9 Å². The summed E-state index contributed by atoms with van der Waals surface area (Å²) < 4.78 is 0. The standard InChI is InChI=1S/C19H33N3O/c1-4-13-21(14-5-2)18(23)8-7-17-9-15-22(16-10-17)19(3)11-6-12-20-19/h6,11-12,17H,4-5,7-10,13-16H2,1-3H3. The first-order valence-corrected chi connectivity index (χ1v) is 9.35. The molecule has 1 saturated heterocycles. The van der Waals surface area contributed by atoms with E-state index in [-0.39, 0.29) is 5.66 Å². The van der Waals surface area contributed by atoms with Crippen LogP contribution in [0.15, 0.2) is 17.1 Å². The molecule has 0 aliphatic carbocycles. The smallest absolute Gasteiger partial charge is 0.222 e. The van der Waals surface area contributed by atoms with E-state index in [0.717, 1.165) is 51.9 Å². The molecule has 2 rings (SSSR count). The lowest BCUT2D eigenvalue weighted by Crippen LogP contribution is -2.47. The third kappa shape index (κ3) is 4.90. The lowest BCUT2D eigenvalue weighted by Gasteiger charge is -2.40. The zero-order chi connectivity index (χ0) is 16.7. The molecule has 1 amide bonds. The van der Waals surface area contributed by atoms with Gasteiger partial charge in [0.2, 0.25) is 5.91 Å². The molecule has 0 aromatic carbocycles. The molecule has 130 valence electrons. The van der Waals surface area contributed by atoms with Crippen LogP contribution in [-0.2, 0) is 4.79 Å². The Kier molecular flexibility index (Phi) is 6.82. The molecule has 4 heteroatoms. The van der Waals surface area contributed by atoms with Gasteiger partial charge in [0.15, 0.2) is 0 Å². The minimum Gasteiger partial charge on any atom is -0.343 e. The summed E-state index contributed by atoms with van der Waals surface area (Å²) in [5, 5.41) is 0. The van der Waals surface area contributed by atoms with Gasteiger partial charge < -0.3 is 4.90 Å². The summed E-state index contributed by atoms with van der Waals surface area (Å²) >= 11 is 0. The summed E-state index contributed by atoms with van der Waals surface area (Å²) in [7, 11) is 0. The van der Waals surface area contributed by atoms with Crippen LogP contribution in [0.3, 0.4) is 0 Å². The molecule has 1 fully saturated rings. The number of aliphatic imine (C=N–C) groups is 1. The van der Waals surface area contributed by atoms with E-state index in [1.54, 1.807) is 0 Å². The molecule has 4 nitrogen and oxygen atoms in total. The quantitative estimate of drug-likeness (QED) is 0.686. The number of carbonyl (C=O) groups is 1. The minimum absolute atomic E-state index is 0.125. The maximum atomic E-state index is 12.4. The van der Waals surface area contributed by atoms with E-state index < -0.39 is 0 Å². The molecule has 0 bridgehead atoms. The second-order valence-corrected chi connectivity index (χ2v) is 7.08. The lowest BCUT2D eigenvalue weighted by molar-refractivity contribution is -0.131. The number of nitrogens with zero attached hydrogens (tertiary/aromatic N) is 3. The highest BCUT2D eigenvalue weighted by atomic mass is 16.2. The molecule has 0 spiro atoms. The van der Waals surface area contributed by atoms with Gasteiger partial charge in [0.1, 0.15) is 5.66 Å². The van der Waals surface area contributed by atoms with E-state index in [2.05, 4.69) is 36.7 Å². The van der Waals surface area contributed by atoms with Crippen molar-refractivity contribution in [2.45, 2.75) is 65.0 Å². The van der Waals surface area contributed by atoms with Crippen molar-refractivity contribution >= 4 is 12.1 Å². The number of allylic oxidation sites excluding steroid dienone is 1. The van der Waals surface area contributed by atoms with Crippen molar-refractivity contribution in [1.29, 1.82) is 0 Å². The number of amides is 1. The first-order valence-electron chi connectivity index (χ1n) is 9.35. The lowest BCUT2D eigenvalue weighted by atomic mass is 9.90. The topological polar surface area (TPSA) is 35.9 Å². The van der Waals surface area contributed by atoms with Gasteiger partial charge in [0.25, 0.3) is 0 Å². The molecule has 2 aliphatic rings. The van der Waals surface area contributed by atoms with Gasteiger partial charge in [-0.25, -0.2) is 0 Å². The average Bonchev–Trinajstić information content (AvgIpc) is 3.01. The van der Waals surface area contributed by atoms with Crippen molar-refractivity contribution in [1.82, 2.24) is 9.80 Å². The van der Waals surface area contributed by atoms with Gasteiger partial charge in [0.05, 0.1) is 0 Å². The van der Waals surface area contributed by atoms with E-state index in [4.69, 9.17) is 0 Å². The monoisotopic (exact) mass is 319 g/mol. The average molecular weight is 319 g/mol. The zero-order valence-corrected chi connectivity index (χ0v) is 15.1. The van der Waals surface area contributed by atoms with E-state index in [1.165, 1.54) is 12.8 Å². The predicted octanol–water partition coefficient (Wildman–Crippen LogP) is 3.48. The van der Waals surface area contributed by atoms with Crippen molar-refractivity contribution in [3.8, 4) is 0 Å². The first-order chi connectivity index (χ1) is 11.1. The number of carbonyl (C=O) groups excluding carboxylic acids is 1. The summed E-state index contributed by atoms with van der Waals surface area (Å²) in [4.78, 5) is 21.5. The normalized spacial score (nSPS) is 25.2. The maximum absolute atomic E-state index is 12.4. The van der Waals surface area contributed by atoms with Gasteiger partial charge in [0, 0.05) is 38.8 Å². The molecular weight excluding hydrogens is 286 g/mol. The second-order valence-electron chi connectivity index (χ2n) is 7.08. The molecule has 23 heavy (non-hydrogen) atoms. The van der Waals surface area contributed by atoms with E-state index in [0.29, 0.717) is 11.8 Å². The second kappa shape index (κ2) is 8.62. The molecule has 1 unspecified atom stereocenters. The van der Waals surface area contributed by atoms with Crippen molar-refractivity contribution in [3.63, 3.8) is 0 Å². The Morgan fingerprint density at radius 2 is 1.91 bits per heavy atom. The molecule has 0 aromatic heterocycles. The number of hydrogen-bond donors (Lipinski definition) is 0. The van der Waals surface area contributed by atoms with Gasteiger partial charge in [-0.15, -0.1) is 0 Å². The Hall–Kier alpha value is -1.16. The van der Waals surface area contributed by atoms with Gasteiger partial charge in [-0.05, 0) is 57.1 Å². The third-order valence-corrected chi connectivity index (χ3v) is 5.19. The Bertz CT molecular complexity index is 418. The van der Waals surface area contributed by atoms with Crippen LogP contribution in [0.2, 0.25) is 0 Å². The molecule has 0 radical (unpaired) electrons. The largest absolute Gasteiger partial charge is 0.343 e. The van der Waals surface area contributed by atoms with Gasteiger partial charge in [-0.2, -0.15) is 0 Å². The Labute approximate surface area is 141 Å². The van der Waals surface area contributed by atoms with Crippen molar-refractivity contribution in [2.75, 3.05) is 26.2 Å². The fourth-order valence-corrected chi connectivity index (χ4v) is 3.71. The van der Waals surface area contributed by atoms with Crippen LogP contribution in [0.5, 0.6) is 0 Å². The first kappa shape index (κ1) is 18.2. The Morgan fingerprint density at radius 3 is 2.43 bits per heavy atom. The number of likely N-dealkylation sites (tertiary alicyclic amines) is 1. The summed E-state index contributed by atoms with van der Waals surface area (Å²) in [5.41, 5.74) is -0.125. The minimum atomic E-state index is -0.125. The maximum Gasteiger partial charge on any atom is 0.222 e. The molecule has 0 saturated carbocycles. The zero-order valence-electron chi connectivity index (χ0n) is 15.1. The predicted molar refractivity (Wildman–Crippen MR) is 96.7 cm³/mol. The van der Waals surface area contributed by atoms with E-state index >= 15 is 0 Å². The van der Waals surface area contributed by atoms with Crippen LogP contribution in [0.25, 0.3) is 0 Å². The Balaban J connectivity index is 1.73. The number of hydrogen-bond acceptors (Lipinski definition) is 3. The fourth-order valence-electron chi connectivity index (χ4n) is 3.71. The van der Waals surface area contributed by atoms with Gasteiger partial charge in [-0.3, -0.25) is 14.7 Å². The third-order valence-electron chi connectivity index (χ3n) is 5.19. The van der Waals surface area contributed by atoms with E-state index in [1.807, 2.05) is 17.2 Å². The van der Waals surface area contributed by atoms with Crippen molar-refractivity contribution in [3.05, 3.63) is 12.2 Å². The Morgan fingerprint density at radius 1 is 1.26 bits per heavy atom. The van der Waals surface area contributed by atoms with Crippen LogP contribution in [0, 0.1) is 5.92 Å². The summed E-state index contributed by atoms with van der Waals surface area (Å²) in [6.45, 7) is 10.5. The van der Waals surface area contributed by atoms with Crippen LogP contribution in [-0.4, -0.2) is 53.8 Å². The summed E-state index contributed by atoms with van der Waals surface area (Å²) in [5.74, 6) is 1.05. The molecule has 2 aliphatic heterocycles. The highest BCUT2D eigenvalue weighted by Crippen LogP contribution is 2.29. The van der Waals surface area contributed by atoms with Gasteiger partial charge >= 0.3 is 0 Å².